The fraction of sp³-hybridized carbons (Fsp3) is 1.00. The van der Waals surface area contributed by atoms with E-state index in [1.54, 1.807) is 0 Å². The molecular formula is C19H40O3S2. The zero-order valence-corrected chi connectivity index (χ0v) is 17.6. The zero-order valence-electron chi connectivity index (χ0n) is 16.0. The van der Waals surface area contributed by atoms with Crippen molar-refractivity contribution in [2.75, 3.05) is 23.9 Å². The van der Waals surface area contributed by atoms with Crippen LogP contribution in [0.1, 0.15) is 90.9 Å². The van der Waals surface area contributed by atoms with Crippen LogP contribution in [0.4, 0.5) is 0 Å². The van der Waals surface area contributed by atoms with Crippen LogP contribution >= 0.6 is 0 Å². The van der Waals surface area contributed by atoms with Gasteiger partial charge in [0.1, 0.15) is 0 Å². The summed E-state index contributed by atoms with van der Waals surface area (Å²) < 4.78 is 24.4. The largest absolute Gasteiger partial charge is 0.395 e. The quantitative estimate of drug-likeness (QED) is 0.354. The summed E-state index contributed by atoms with van der Waals surface area (Å²) in [5, 5.41) is 9.16. The van der Waals surface area contributed by atoms with Crippen molar-refractivity contribution in [1.82, 2.24) is 0 Å². The van der Waals surface area contributed by atoms with Gasteiger partial charge in [-0.3, -0.25) is 8.42 Å². The van der Waals surface area contributed by atoms with Gasteiger partial charge >= 0.3 is 0 Å². The molecule has 0 aliphatic rings. The van der Waals surface area contributed by atoms with Crippen molar-refractivity contribution in [3.8, 4) is 0 Å². The first-order valence-electron chi connectivity index (χ1n) is 9.98. The van der Waals surface area contributed by atoms with E-state index in [0.717, 1.165) is 25.7 Å². The Bertz CT molecular complexity index is 322. The van der Waals surface area contributed by atoms with Crippen molar-refractivity contribution in [2.45, 2.75) is 96.1 Å². The van der Waals surface area contributed by atoms with Crippen molar-refractivity contribution in [1.29, 1.82) is 0 Å². The van der Waals surface area contributed by atoms with Crippen LogP contribution in [0.25, 0.3) is 0 Å². The van der Waals surface area contributed by atoms with Crippen LogP contribution < -0.4 is 0 Å². The Morgan fingerprint density at radius 3 is 1.67 bits per heavy atom. The molecule has 0 rings (SSSR count). The average molecular weight is 381 g/mol. The first kappa shape index (κ1) is 24.3. The standard InChI is InChI=1S/C19H40O3S2/c1-3-5-7-9-11-13-15-23(21)18-19(17-20)24(22)16-14-12-10-8-6-4-2/h19-20H,3-18H2,1-2H3/t19-,23+,24+/m1/s1. The fourth-order valence-electron chi connectivity index (χ4n) is 2.74. The fourth-order valence-corrected chi connectivity index (χ4v) is 6.00. The van der Waals surface area contributed by atoms with Gasteiger partial charge in [0.05, 0.1) is 11.9 Å². The molecule has 0 fully saturated rings. The Hall–Kier alpha value is 0.260. The molecular weight excluding hydrogens is 340 g/mol. The molecule has 0 aromatic rings. The summed E-state index contributed by atoms with van der Waals surface area (Å²) in [5.74, 6) is 1.73. The molecule has 146 valence electrons. The molecule has 1 N–H and O–H groups in total. The highest BCUT2D eigenvalue weighted by molar-refractivity contribution is 7.89. The Kier molecular flexibility index (Phi) is 18.3. The first-order chi connectivity index (χ1) is 11.7. The molecule has 0 aliphatic heterocycles. The smallest absolute Gasteiger partial charge is 0.0693 e. The third-order valence-electron chi connectivity index (χ3n) is 4.37. The van der Waals surface area contributed by atoms with E-state index in [-0.39, 0.29) is 11.9 Å². The molecule has 0 saturated carbocycles. The monoisotopic (exact) mass is 380 g/mol. The van der Waals surface area contributed by atoms with Crippen LogP contribution in [-0.4, -0.2) is 42.6 Å². The lowest BCUT2D eigenvalue weighted by molar-refractivity contribution is 0.299. The second-order valence-corrected chi connectivity index (χ2v) is 10.2. The highest BCUT2D eigenvalue weighted by Crippen LogP contribution is 2.10. The second-order valence-electron chi connectivity index (χ2n) is 6.74. The van der Waals surface area contributed by atoms with Crippen LogP contribution in [0, 0.1) is 0 Å². The maximum atomic E-state index is 12.3. The predicted molar refractivity (Wildman–Crippen MR) is 109 cm³/mol. The highest BCUT2D eigenvalue weighted by Gasteiger charge is 2.18. The summed E-state index contributed by atoms with van der Waals surface area (Å²) in [6.45, 7) is 4.30. The second kappa shape index (κ2) is 18.1. The maximum Gasteiger partial charge on any atom is 0.0693 e. The zero-order chi connectivity index (χ0) is 18.0. The minimum atomic E-state index is -1.04. The first-order valence-corrected chi connectivity index (χ1v) is 12.9. The number of aliphatic hydroxyl groups excluding tert-OH is 1. The minimum Gasteiger partial charge on any atom is -0.395 e. The summed E-state index contributed by atoms with van der Waals surface area (Å²) in [7, 11) is -1.98. The van der Waals surface area contributed by atoms with Gasteiger partial charge in [0.25, 0.3) is 0 Å². The van der Waals surface area contributed by atoms with Crippen LogP contribution in [0.15, 0.2) is 0 Å². The Balaban J connectivity index is 3.77. The van der Waals surface area contributed by atoms with Gasteiger partial charge in [-0.2, -0.15) is 0 Å². The van der Waals surface area contributed by atoms with Gasteiger partial charge in [0.2, 0.25) is 0 Å². The van der Waals surface area contributed by atoms with Gasteiger partial charge in [-0.05, 0) is 12.8 Å². The highest BCUT2D eigenvalue weighted by atomic mass is 32.2. The normalized spacial score (nSPS) is 15.3. The molecule has 0 bridgehead atoms. The van der Waals surface area contributed by atoms with E-state index in [2.05, 4.69) is 13.8 Å². The van der Waals surface area contributed by atoms with Crippen LogP contribution in [-0.2, 0) is 21.6 Å². The molecule has 0 heterocycles. The number of rotatable bonds is 18. The molecule has 3 atom stereocenters. The SMILES string of the molecule is CCCCCCCC[S@](=O)C[C@@H](CO)[S@@](=O)CCCCCCCC. The summed E-state index contributed by atoms with van der Waals surface area (Å²) in [4.78, 5) is 0. The molecule has 0 unspecified atom stereocenters. The molecule has 0 aromatic carbocycles. The van der Waals surface area contributed by atoms with Gasteiger partial charge in [-0.1, -0.05) is 78.1 Å². The van der Waals surface area contributed by atoms with Crippen molar-refractivity contribution in [2.24, 2.45) is 0 Å². The van der Waals surface area contributed by atoms with E-state index in [4.69, 9.17) is 0 Å². The lowest BCUT2D eigenvalue weighted by Crippen LogP contribution is -2.29. The molecule has 5 heteroatoms. The number of hydrogen-bond donors (Lipinski definition) is 1. The van der Waals surface area contributed by atoms with Gasteiger partial charge < -0.3 is 5.11 Å². The van der Waals surface area contributed by atoms with Gasteiger partial charge in [-0.25, -0.2) is 0 Å². The summed E-state index contributed by atoms with van der Waals surface area (Å²) in [6, 6.07) is 0. The third-order valence-corrected chi connectivity index (χ3v) is 7.85. The molecule has 0 radical (unpaired) electrons. The molecule has 24 heavy (non-hydrogen) atoms. The summed E-state index contributed by atoms with van der Waals surface area (Å²) in [5.41, 5.74) is 0. The van der Waals surface area contributed by atoms with Crippen molar-refractivity contribution < 1.29 is 13.5 Å². The van der Waals surface area contributed by atoms with Crippen molar-refractivity contribution in [3.63, 3.8) is 0 Å². The summed E-state index contributed by atoms with van der Waals surface area (Å²) in [6.07, 6.45) is 14.2. The molecule has 0 saturated heterocycles. The maximum absolute atomic E-state index is 12.3. The van der Waals surface area contributed by atoms with Gasteiger partial charge in [-0.15, -0.1) is 0 Å². The lowest BCUT2D eigenvalue weighted by atomic mass is 10.1. The average Bonchev–Trinajstić information content (AvgIpc) is 2.58. The van der Waals surface area contributed by atoms with E-state index in [1.807, 2.05) is 0 Å². The third kappa shape index (κ3) is 14.6. The Morgan fingerprint density at radius 1 is 0.708 bits per heavy atom. The van der Waals surface area contributed by atoms with E-state index in [0.29, 0.717) is 17.3 Å². The Labute approximate surface area is 155 Å². The van der Waals surface area contributed by atoms with E-state index < -0.39 is 21.6 Å². The van der Waals surface area contributed by atoms with Crippen LogP contribution in [0.2, 0.25) is 0 Å². The lowest BCUT2D eigenvalue weighted by Gasteiger charge is -2.13. The molecule has 0 spiro atoms. The molecule has 3 nitrogen and oxygen atoms in total. The van der Waals surface area contributed by atoms with E-state index in [9.17, 15) is 13.5 Å². The van der Waals surface area contributed by atoms with Crippen molar-refractivity contribution >= 4 is 21.6 Å². The number of aliphatic hydroxyl groups is 1. The molecule has 0 amide bonds. The topological polar surface area (TPSA) is 54.4 Å². The van der Waals surface area contributed by atoms with Crippen LogP contribution in [0.5, 0.6) is 0 Å². The molecule has 0 aliphatic carbocycles. The summed E-state index contributed by atoms with van der Waals surface area (Å²) >= 11 is 0. The van der Waals surface area contributed by atoms with Crippen molar-refractivity contribution in [3.05, 3.63) is 0 Å². The van der Waals surface area contributed by atoms with E-state index >= 15 is 0 Å². The predicted octanol–water partition coefficient (Wildman–Crippen LogP) is 4.57. The van der Waals surface area contributed by atoms with Gasteiger partial charge in [0.15, 0.2) is 0 Å². The number of unbranched alkanes of at least 4 members (excludes halogenated alkanes) is 10. The van der Waals surface area contributed by atoms with E-state index in [1.165, 1.54) is 51.4 Å². The van der Waals surface area contributed by atoms with Gasteiger partial charge in [0, 0.05) is 38.9 Å². The number of hydrogen-bond acceptors (Lipinski definition) is 3. The van der Waals surface area contributed by atoms with Crippen LogP contribution in [0.3, 0.4) is 0 Å². The Morgan fingerprint density at radius 2 is 1.17 bits per heavy atom. The minimum absolute atomic E-state index is 0.106. The molecule has 0 aromatic heterocycles.